The summed E-state index contributed by atoms with van der Waals surface area (Å²) in [5.41, 5.74) is 1.52. The number of para-hydroxylation sites is 1. The maximum absolute atomic E-state index is 13.2. The van der Waals surface area contributed by atoms with Gasteiger partial charge in [-0.1, -0.05) is 45.0 Å². The van der Waals surface area contributed by atoms with Crippen LogP contribution in [0.25, 0.3) is 10.9 Å². The van der Waals surface area contributed by atoms with E-state index < -0.39 is 0 Å². The molecule has 0 unspecified atom stereocenters. The van der Waals surface area contributed by atoms with Gasteiger partial charge in [0.25, 0.3) is 11.5 Å². The normalized spacial score (nSPS) is 16.2. The van der Waals surface area contributed by atoms with Gasteiger partial charge in [0.15, 0.2) is 6.61 Å². The zero-order valence-corrected chi connectivity index (χ0v) is 19.5. The van der Waals surface area contributed by atoms with E-state index in [1.807, 2.05) is 24.3 Å². The molecule has 2 heterocycles. The molecule has 0 saturated carbocycles. The average Bonchev–Trinajstić information content (AvgIpc) is 3.30. The van der Waals surface area contributed by atoms with Crippen LogP contribution in [-0.4, -0.2) is 46.6 Å². The Labute approximate surface area is 193 Å². The molecule has 0 bridgehead atoms. The number of nitrogens with one attached hydrogen (secondary N) is 1. The molecule has 0 spiro atoms. The molecule has 1 aliphatic rings. The first kappa shape index (κ1) is 23.0. The molecule has 1 amide bonds. The van der Waals surface area contributed by atoms with Crippen LogP contribution in [0.3, 0.4) is 0 Å². The second kappa shape index (κ2) is 9.75. The van der Waals surface area contributed by atoms with Crippen molar-refractivity contribution in [1.29, 1.82) is 0 Å². The van der Waals surface area contributed by atoms with Crippen LogP contribution in [0.2, 0.25) is 0 Å². The van der Waals surface area contributed by atoms with Crippen molar-refractivity contribution in [3.8, 4) is 5.75 Å². The summed E-state index contributed by atoms with van der Waals surface area (Å²) in [6.07, 6.45) is 1.86. The van der Waals surface area contributed by atoms with Gasteiger partial charge in [-0.3, -0.25) is 9.59 Å². The smallest absolute Gasteiger partial charge is 0.261 e. The second-order valence-electron chi connectivity index (χ2n) is 9.51. The molecule has 0 radical (unpaired) electrons. The van der Waals surface area contributed by atoms with Crippen LogP contribution >= 0.6 is 0 Å². The van der Waals surface area contributed by atoms with Crippen LogP contribution in [0.15, 0.2) is 53.3 Å². The largest absolute Gasteiger partial charge is 0.484 e. The van der Waals surface area contributed by atoms with E-state index >= 15 is 0 Å². The number of fused-ring (bicyclic) bond motifs is 1. The van der Waals surface area contributed by atoms with E-state index in [0.717, 1.165) is 18.4 Å². The second-order valence-corrected chi connectivity index (χ2v) is 9.51. The number of amides is 1. The molecule has 1 saturated heterocycles. The third kappa shape index (κ3) is 5.79. The van der Waals surface area contributed by atoms with Crippen molar-refractivity contribution >= 4 is 16.8 Å². The fourth-order valence-corrected chi connectivity index (χ4v) is 3.97. The molecule has 1 aromatic heterocycles. The fourth-order valence-electron chi connectivity index (χ4n) is 3.97. The molecule has 0 aliphatic carbocycles. The first-order chi connectivity index (χ1) is 15.8. The monoisotopic (exact) mass is 449 g/mol. The summed E-state index contributed by atoms with van der Waals surface area (Å²) in [6.45, 7) is 7.63. The number of benzene rings is 2. The highest BCUT2D eigenvalue weighted by Crippen LogP contribution is 2.25. The van der Waals surface area contributed by atoms with Crippen molar-refractivity contribution < 1.29 is 14.3 Å². The van der Waals surface area contributed by atoms with Gasteiger partial charge in [-0.05, 0) is 48.1 Å². The van der Waals surface area contributed by atoms with Gasteiger partial charge in [0, 0.05) is 13.2 Å². The topological polar surface area (TPSA) is 84.5 Å². The Morgan fingerprint density at radius 3 is 2.79 bits per heavy atom. The summed E-state index contributed by atoms with van der Waals surface area (Å²) in [7, 11) is 0. The number of hydrogen-bond acceptors (Lipinski definition) is 5. The predicted octanol–water partition coefficient (Wildman–Crippen LogP) is 3.81. The Kier molecular flexibility index (Phi) is 6.79. The van der Waals surface area contributed by atoms with E-state index in [4.69, 9.17) is 9.47 Å². The number of nitrogens with zero attached hydrogens (tertiary/aromatic N) is 2. The van der Waals surface area contributed by atoms with Crippen molar-refractivity contribution in [3.63, 3.8) is 0 Å². The Morgan fingerprint density at radius 2 is 2.03 bits per heavy atom. The Balaban J connectivity index is 1.50. The SMILES string of the molecule is CC(C)(C)c1cccc(OCC(=O)N(Cc2nc3ccccc3c(=O)[nH]2)C[C@@H]2CCCO2)c1. The number of rotatable bonds is 7. The lowest BCUT2D eigenvalue weighted by Gasteiger charge is -2.25. The molecule has 1 N–H and O–H groups in total. The highest BCUT2D eigenvalue weighted by atomic mass is 16.5. The maximum atomic E-state index is 13.2. The van der Waals surface area contributed by atoms with E-state index in [1.165, 1.54) is 0 Å². The first-order valence-electron chi connectivity index (χ1n) is 11.4. The molecular formula is C26H31N3O4. The summed E-state index contributed by atoms with van der Waals surface area (Å²) in [5, 5.41) is 0.528. The molecule has 7 nitrogen and oxygen atoms in total. The molecule has 1 fully saturated rings. The third-order valence-corrected chi connectivity index (χ3v) is 5.87. The van der Waals surface area contributed by atoms with Crippen LogP contribution in [0.4, 0.5) is 0 Å². The molecule has 2 aromatic carbocycles. The maximum Gasteiger partial charge on any atom is 0.261 e. The third-order valence-electron chi connectivity index (χ3n) is 5.87. The lowest BCUT2D eigenvalue weighted by atomic mass is 9.87. The van der Waals surface area contributed by atoms with Crippen LogP contribution in [0.1, 0.15) is 45.0 Å². The van der Waals surface area contributed by atoms with Crippen LogP contribution in [0.5, 0.6) is 5.75 Å². The Morgan fingerprint density at radius 1 is 1.21 bits per heavy atom. The van der Waals surface area contributed by atoms with Crippen LogP contribution in [-0.2, 0) is 21.5 Å². The lowest BCUT2D eigenvalue weighted by molar-refractivity contribution is -0.135. The standard InChI is InChI=1S/C26H31N3O4/c1-26(2,3)18-8-6-9-19(14-18)33-17-24(30)29(15-20-10-7-13-32-20)16-23-27-22-12-5-4-11-21(22)25(31)28-23/h4-6,8-9,11-12,14,20H,7,10,13,15-17H2,1-3H3,(H,27,28,31)/t20-/m0/s1. The minimum absolute atomic E-state index is 0.0111. The van der Waals surface area contributed by atoms with E-state index in [1.54, 1.807) is 23.1 Å². The van der Waals surface area contributed by atoms with E-state index in [0.29, 0.717) is 35.6 Å². The first-order valence-corrected chi connectivity index (χ1v) is 11.4. The van der Waals surface area contributed by atoms with Crippen molar-refractivity contribution in [2.24, 2.45) is 0 Å². The molecule has 3 aromatic rings. The zero-order chi connectivity index (χ0) is 23.4. The number of aromatic nitrogens is 2. The van der Waals surface area contributed by atoms with Gasteiger partial charge in [0.1, 0.15) is 11.6 Å². The predicted molar refractivity (Wildman–Crippen MR) is 127 cm³/mol. The summed E-state index contributed by atoms with van der Waals surface area (Å²) in [6, 6.07) is 15.0. The Bertz CT molecular complexity index is 1180. The highest BCUT2D eigenvalue weighted by molar-refractivity contribution is 5.78. The number of carbonyl (C=O) groups is 1. The minimum Gasteiger partial charge on any atom is -0.484 e. The van der Waals surface area contributed by atoms with Gasteiger partial charge in [-0.15, -0.1) is 0 Å². The Hall–Kier alpha value is -3.19. The molecule has 1 atom stereocenters. The van der Waals surface area contributed by atoms with E-state index in [9.17, 15) is 9.59 Å². The van der Waals surface area contributed by atoms with E-state index in [-0.39, 0.29) is 36.1 Å². The number of hydrogen-bond donors (Lipinski definition) is 1. The van der Waals surface area contributed by atoms with E-state index in [2.05, 4.69) is 36.8 Å². The van der Waals surface area contributed by atoms with Gasteiger partial charge in [-0.25, -0.2) is 4.98 Å². The fraction of sp³-hybridized carbons (Fsp3) is 0.423. The number of ether oxygens (including phenoxy) is 2. The zero-order valence-electron chi connectivity index (χ0n) is 19.5. The number of carbonyl (C=O) groups excluding carboxylic acids is 1. The molecule has 1 aliphatic heterocycles. The summed E-state index contributed by atoms with van der Waals surface area (Å²) >= 11 is 0. The highest BCUT2D eigenvalue weighted by Gasteiger charge is 2.24. The molecule has 4 rings (SSSR count). The van der Waals surface area contributed by atoms with Gasteiger partial charge in [0.05, 0.1) is 23.6 Å². The minimum atomic E-state index is -0.213. The molecular weight excluding hydrogens is 418 g/mol. The molecule has 174 valence electrons. The van der Waals surface area contributed by atoms with Crippen molar-refractivity contribution in [3.05, 3.63) is 70.3 Å². The van der Waals surface area contributed by atoms with Crippen molar-refractivity contribution in [1.82, 2.24) is 14.9 Å². The van der Waals surface area contributed by atoms with Gasteiger partial charge in [0.2, 0.25) is 0 Å². The van der Waals surface area contributed by atoms with Gasteiger partial charge >= 0.3 is 0 Å². The molecule has 7 heteroatoms. The lowest BCUT2D eigenvalue weighted by Crippen LogP contribution is -2.40. The van der Waals surface area contributed by atoms with Crippen LogP contribution in [0, 0.1) is 0 Å². The number of aromatic amines is 1. The van der Waals surface area contributed by atoms with Gasteiger partial charge < -0.3 is 19.4 Å². The summed E-state index contributed by atoms with van der Waals surface area (Å²) < 4.78 is 11.6. The number of H-pyrrole nitrogens is 1. The summed E-state index contributed by atoms with van der Waals surface area (Å²) in [5.74, 6) is 0.923. The molecule has 33 heavy (non-hydrogen) atoms. The van der Waals surface area contributed by atoms with Crippen molar-refractivity contribution in [2.45, 2.75) is 51.7 Å². The van der Waals surface area contributed by atoms with Gasteiger partial charge in [-0.2, -0.15) is 0 Å². The average molecular weight is 450 g/mol. The van der Waals surface area contributed by atoms with Crippen LogP contribution < -0.4 is 10.3 Å². The van der Waals surface area contributed by atoms with Crippen molar-refractivity contribution in [2.75, 3.05) is 19.8 Å². The summed E-state index contributed by atoms with van der Waals surface area (Å²) in [4.78, 5) is 34.7. The quantitative estimate of drug-likeness (QED) is 0.593.